The van der Waals surface area contributed by atoms with E-state index in [4.69, 9.17) is 0 Å². The second-order valence-corrected chi connectivity index (χ2v) is 18.3. The van der Waals surface area contributed by atoms with Gasteiger partial charge >= 0.3 is 0 Å². The molecule has 0 atom stereocenters. The van der Waals surface area contributed by atoms with Crippen LogP contribution in [0.4, 0.5) is 17.1 Å². The van der Waals surface area contributed by atoms with Crippen molar-refractivity contribution in [1.29, 1.82) is 0 Å². The summed E-state index contributed by atoms with van der Waals surface area (Å²) in [4.78, 5) is 2.50. The van der Waals surface area contributed by atoms with Gasteiger partial charge in [0.1, 0.15) is 0 Å². The molecule has 0 bridgehead atoms. The Balaban J connectivity index is 1.06. The molecule has 0 saturated carbocycles. The number of fused-ring (bicyclic) bond motifs is 6. The van der Waals surface area contributed by atoms with E-state index in [1.165, 1.54) is 83.5 Å². The molecule has 0 aliphatic heterocycles. The Morgan fingerprint density at radius 3 is 0.957 bits per heavy atom. The van der Waals surface area contributed by atoms with Crippen LogP contribution in [0.25, 0.3) is 44.5 Å². The summed E-state index contributed by atoms with van der Waals surface area (Å²) in [6.45, 7) is 0. The molecule has 69 heavy (non-hydrogen) atoms. The lowest BCUT2D eigenvalue weighted by molar-refractivity contribution is 0.767. The largest absolute Gasteiger partial charge is 0.310 e. The van der Waals surface area contributed by atoms with Crippen molar-refractivity contribution in [3.8, 4) is 44.5 Å². The number of hydrogen-bond acceptors (Lipinski definition) is 1. The Labute approximate surface area is 404 Å². The van der Waals surface area contributed by atoms with Crippen molar-refractivity contribution in [1.82, 2.24) is 0 Å². The maximum Gasteiger partial charge on any atom is 0.0714 e. The van der Waals surface area contributed by atoms with Crippen molar-refractivity contribution in [2.24, 2.45) is 0 Å². The number of benzene rings is 11. The van der Waals surface area contributed by atoms with Crippen LogP contribution in [-0.4, -0.2) is 0 Å². The summed E-state index contributed by atoms with van der Waals surface area (Å²) >= 11 is 0. The van der Waals surface area contributed by atoms with Crippen molar-refractivity contribution < 1.29 is 0 Å². The van der Waals surface area contributed by atoms with Crippen LogP contribution in [0, 0.1) is 0 Å². The molecule has 1 nitrogen and oxygen atoms in total. The van der Waals surface area contributed by atoms with E-state index < -0.39 is 10.8 Å². The maximum absolute atomic E-state index is 2.50. The van der Waals surface area contributed by atoms with Gasteiger partial charge < -0.3 is 4.90 Å². The Kier molecular flexibility index (Phi) is 9.70. The summed E-state index contributed by atoms with van der Waals surface area (Å²) in [5, 5.41) is 0. The van der Waals surface area contributed by atoms with Crippen LogP contribution in [0.3, 0.4) is 0 Å². The molecule has 0 fully saturated rings. The van der Waals surface area contributed by atoms with Gasteiger partial charge in [-0.25, -0.2) is 0 Å². The molecular formula is C68H47N. The van der Waals surface area contributed by atoms with E-state index in [0.29, 0.717) is 0 Å². The smallest absolute Gasteiger partial charge is 0.0714 e. The van der Waals surface area contributed by atoms with Gasteiger partial charge in [0.25, 0.3) is 0 Å². The van der Waals surface area contributed by atoms with Gasteiger partial charge in [-0.15, -0.1) is 0 Å². The Hall–Kier alpha value is -8.78. The van der Waals surface area contributed by atoms with Gasteiger partial charge in [-0.3, -0.25) is 0 Å². The zero-order valence-electron chi connectivity index (χ0n) is 38.1. The summed E-state index contributed by atoms with van der Waals surface area (Å²) < 4.78 is 0. The van der Waals surface area contributed by atoms with E-state index >= 15 is 0 Å². The molecule has 0 saturated heterocycles. The molecule has 0 heterocycles. The van der Waals surface area contributed by atoms with Crippen LogP contribution in [0.5, 0.6) is 0 Å². The average Bonchev–Trinajstić information content (AvgIpc) is 3.90. The van der Waals surface area contributed by atoms with Crippen molar-refractivity contribution in [3.05, 3.63) is 330 Å². The first-order valence-electron chi connectivity index (χ1n) is 24.0. The molecule has 0 amide bonds. The molecule has 13 rings (SSSR count). The van der Waals surface area contributed by atoms with Crippen LogP contribution in [0.1, 0.15) is 44.5 Å². The van der Waals surface area contributed by atoms with Gasteiger partial charge in [0.2, 0.25) is 0 Å². The summed E-state index contributed by atoms with van der Waals surface area (Å²) in [5.74, 6) is 0. The third-order valence-corrected chi connectivity index (χ3v) is 14.8. The van der Waals surface area contributed by atoms with Gasteiger partial charge in [-0.05, 0) is 125 Å². The molecule has 324 valence electrons. The molecule has 0 spiro atoms. The normalized spacial score (nSPS) is 13.4. The molecule has 11 aromatic rings. The predicted molar refractivity (Wildman–Crippen MR) is 287 cm³/mol. The zero-order chi connectivity index (χ0) is 45.8. The highest BCUT2D eigenvalue weighted by Crippen LogP contribution is 2.59. The van der Waals surface area contributed by atoms with Gasteiger partial charge in [0, 0.05) is 17.1 Å². The molecule has 0 aromatic heterocycles. The topological polar surface area (TPSA) is 3.24 Å². The standard InChI is InChI=1S/C68H47N/c1-6-21-48(22-7-1)49-37-39-50(40-38-49)51-23-20-32-56(45-51)69(57-41-43-61-59-33-16-18-35-63(59)67(65(61)46-57,52-24-8-2-9-25-52)53-26-10-3-11-27-53)58-42-44-62-60-34-17-19-36-64(60)68(66(62)47-58,54-28-12-4-13-29-54)55-30-14-5-15-31-55/h1-47H. The van der Waals surface area contributed by atoms with E-state index in [2.05, 4.69) is 290 Å². The number of anilines is 3. The van der Waals surface area contributed by atoms with Crippen LogP contribution >= 0.6 is 0 Å². The first-order valence-corrected chi connectivity index (χ1v) is 24.0. The van der Waals surface area contributed by atoms with Crippen LogP contribution in [0.15, 0.2) is 285 Å². The molecule has 0 N–H and O–H groups in total. The van der Waals surface area contributed by atoms with Gasteiger partial charge in [-0.2, -0.15) is 0 Å². The summed E-state index contributed by atoms with van der Waals surface area (Å²) in [6.07, 6.45) is 0. The highest BCUT2D eigenvalue weighted by molar-refractivity contribution is 5.93. The lowest BCUT2D eigenvalue weighted by Gasteiger charge is -2.36. The second kappa shape index (κ2) is 16.5. The third-order valence-electron chi connectivity index (χ3n) is 14.8. The Morgan fingerprint density at radius 1 is 0.203 bits per heavy atom. The maximum atomic E-state index is 2.50. The second-order valence-electron chi connectivity index (χ2n) is 18.3. The van der Waals surface area contributed by atoms with Crippen molar-refractivity contribution in [2.75, 3.05) is 4.90 Å². The fourth-order valence-electron chi connectivity index (χ4n) is 11.9. The first kappa shape index (κ1) is 40.5. The number of nitrogens with zero attached hydrogens (tertiary/aromatic N) is 1. The fraction of sp³-hybridized carbons (Fsp3) is 0.0294. The lowest BCUT2D eigenvalue weighted by atomic mass is 9.67. The number of hydrogen-bond donors (Lipinski definition) is 0. The first-order chi connectivity index (χ1) is 34.2. The average molecular weight is 878 g/mol. The minimum atomic E-state index is -0.548. The zero-order valence-corrected chi connectivity index (χ0v) is 38.1. The molecule has 11 aromatic carbocycles. The van der Waals surface area contributed by atoms with E-state index in [-0.39, 0.29) is 0 Å². The van der Waals surface area contributed by atoms with Gasteiger partial charge in [-0.1, -0.05) is 249 Å². The summed E-state index contributed by atoms with van der Waals surface area (Å²) in [6, 6.07) is 106. The minimum Gasteiger partial charge on any atom is -0.310 e. The van der Waals surface area contributed by atoms with E-state index in [9.17, 15) is 0 Å². The van der Waals surface area contributed by atoms with Gasteiger partial charge in [0.05, 0.1) is 10.8 Å². The summed E-state index contributed by atoms with van der Waals surface area (Å²) in [7, 11) is 0. The van der Waals surface area contributed by atoms with Crippen LogP contribution in [0.2, 0.25) is 0 Å². The monoisotopic (exact) mass is 877 g/mol. The fourth-order valence-corrected chi connectivity index (χ4v) is 11.9. The predicted octanol–water partition coefficient (Wildman–Crippen LogP) is 17.2. The van der Waals surface area contributed by atoms with Crippen LogP contribution < -0.4 is 4.90 Å². The molecule has 2 aliphatic carbocycles. The SMILES string of the molecule is c1ccc(-c2ccc(-c3cccc(N(c4ccc5c(c4)C(c4ccccc4)(c4ccccc4)c4ccccc4-5)c4ccc5c(c4)C(c4ccccc4)(c4ccccc4)c4ccccc4-5)c3)cc2)cc1. The highest BCUT2D eigenvalue weighted by atomic mass is 15.1. The summed E-state index contributed by atoms with van der Waals surface area (Å²) in [5.41, 5.74) is 22.1. The molecule has 0 radical (unpaired) electrons. The molecule has 0 unspecified atom stereocenters. The number of rotatable bonds is 9. The van der Waals surface area contributed by atoms with Crippen molar-refractivity contribution in [2.45, 2.75) is 10.8 Å². The van der Waals surface area contributed by atoms with Crippen molar-refractivity contribution in [3.63, 3.8) is 0 Å². The highest BCUT2D eigenvalue weighted by Gasteiger charge is 2.48. The van der Waals surface area contributed by atoms with Crippen LogP contribution in [-0.2, 0) is 10.8 Å². The van der Waals surface area contributed by atoms with Gasteiger partial charge in [0.15, 0.2) is 0 Å². The Bertz CT molecular complexity index is 3380. The molecular weight excluding hydrogens is 831 g/mol. The minimum absolute atomic E-state index is 0.548. The van der Waals surface area contributed by atoms with Crippen molar-refractivity contribution >= 4 is 17.1 Å². The lowest BCUT2D eigenvalue weighted by Crippen LogP contribution is -2.29. The molecule has 1 heteroatoms. The van der Waals surface area contributed by atoms with E-state index in [0.717, 1.165) is 22.6 Å². The molecule has 2 aliphatic rings. The van der Waals surface area contributed by atoms with E-state index in [1.54, 1.807) is 0 Å². The Morgan fingerprint density at radius 2 is 0.522 bits per heavy atom. The third kappa shape index (κ3) is 6.32. The van der Waals surface area contributed by atoms with E-state index in [1.807, 2.05) is 0 Å². The quantitative estimate of drug-likeness (QED) is 0.140.